The number of para-hydroxylation sites is 2. The van der Waals surface area contributed by atoms with Crippen LogP contribution < -0.4 is 10.6 Å². The lowest BCUT2D eigenvalue weighted by Crippen LogP contribution is -2.30. The monoisotopic (exact) mass is 494 g/mol. The molecule has 1 aromatic heterocycles. The van der Waals surface area contributed by atoms with Crippen LogP contribution in [0.2, 0.25) is 10.0 Å². The Morgan fingerprint density at radius 2 is 1.79 bits per heavy atom. The third-order valence-corrected chi connectivity index (χ3v) is 6.11. The predicted octanol–water partition coefficient (Wildman–Crippen LogP) is 6.09. The molecule has 0 aliphatic rings. The maximum absolute atomic E-state index is 13.0. The van der Waals surface area contributed by atoms with E-state index in [0.717, 1.165) is 27.8 Å². The van der Waals surface area contributed by atoms with Gasteiger partial charge in [0.05, 0.1) is 27.7 Å². The summed E-state index contributed by atoms with van der Waals surface area (Å²) in [6, 6.07) is 17.7. The second kappa shape index (κ2) is 9.87. The van der Waals surface area contributed by atoms with E-state index in [0.29, 0.717) is 16.4 Å². The summed E-state index contributed by atoms with van der Waals surface area (Å²) >= 11 is 12.1. The zero-order valence-electron chi connectivity index (χ0n) is 19.0. The second-order valence-corrected chi connectivity index (χ2v) is 9.07. The minimum absolute atomic E-state index is 0.0468. The average Bonchev–Trinajstić information content (AvgIpc) is 3.14. The molecule has 2 amide bonds. The van der Waals surface area contributed by atoms with E-state index in [1.807, 2.05) is 67.8 Å². The van der Waals surface area contributed by atoms with Gasteiger partial charge < -0.3 is 15.2 Å². The molecule has 0 spiro atoms. The number of halogens is 2. The summed E-state index contributed by atoms with van der Waals surface area (Å²) < 4.78 is 1.82. The molecule has 8 heteroatoms. The Labute approximate surface area is 207 Å². The number of hydrogen-bond donors (Lipinski definition) is 2. The predicted molar refractivity (Wildman–Crippen MR) is 137 cm³/mol. The summed E-state index contributed by atoms with van der Waals surface area (Å²) in [4.78, 5) is 30.6. The lowest BCUT2D eigenvalue weighted by molar-refractivity contribution is -0.116. The number of benzene rings is 3. The first-order valence-corrected chi connectivity index (χ1v) is 11.6. The third-order valence-electron chi connectivity index (χ3n) is 5.56. The van der Waals surface area contributed by atoms with Crippen LogP contribution in [-0.2, 0) is 11.3 Å². The molecule has 0 aliphatic carbocycles. The van der Waals surface area contributed by atoms with Crippen molar-refractivity contribution in [1.82, 2.24) is 14.9 Å². The number of rotatable bonds is 6. The topological polar surface area (TPSA) is 76.0 Å². The Balaban J connectivity index is 1.61. The number of hydrogen-bond acceptors (Lipinski definition) is 3. The van der Waals surface area contributed by atoms with Crippen molar-refractivity contribution in [2.24, 2.45) is 0 Å². The van der Waals surface area contributed by atoms with Gasteiger partial charge in [-0.1, -0.05) is 47.5 Å². The Kier molecular flexibility index (Phi) is 6.91. The van der Waals surface area contributed by atoms with Gasteiger partial charge in [0, 0.05) is 10.7 Å². The zero-order chi connectivity index (χ0) is 24.4. The lowest BCUT2D eigenvalue weighted by atomic mass is 10.1. The number of carbonyl (C=O) groups excluding carboxylic acids is 2. The van der Waals surface area contributed by atoms with Crippen molar-refractivity contribution in [2.75, 3.05) is 5.32 Å². The molecular weight excluding hydrogens is 471 g/mol. The van der Waals surface area contributed by atoms with Gasteiger partial charge in [0.25, 0.3) is 5.91 Å². The maximum atomic E-state index is 13.0. The van der Waals surface area contributed by atoms with Crippen LogP contribution in [0.4, 0.5) is 5.69 Å². The Morgan fingerprint density at radius 1 is 1.03 bits per heavy atom. The number of aryl methyl sites for hydroxylation is 2. The first-order valence-electron chi connectivity index (χ1n) is 10.8. The molecule has 0 saturated carbocycles. The first kappa shape index (κ1) is 23.8. The molecule has 174 valence electrons. The minimum Gasteiger partial charge on any atom is -0.342 e. The first-order chi connectivity index (χ1) is 16.2. The van der Waals surface area contributed by atoms with Crippen LogP contribution in [0.3, 0.4) is 0 Å². The van der Waals surface area contributed by atoms with Crippen LogP contribution in [-0.4, -0.2) is 21.4 Å². The molecule has 34 heavy (non-hydrogen) atoms. The van der Waals surface area contributed by atoms with Crippen molar-refractivity contribution in [3.63, 3.8) is 0 Å². The van der Waals surface area contributed by atoms with Crippen molar-refractivity contribution in [2.45, 2.75) is 33.4 Å². The highest BCUT2D eigenvalue weighted by atomic mass is 35.5. The van der Waals surface area contributed by atoms with Gasteiger partial charge in [-0.05, 0) is 68.3 Å². The SMILES string of the molecule is Cc1ccc(C)c(NC(=O)Cn2c([C@@H](C)NC(=O)c3ccc(Cl)cc3Cl)nc3ccccc32)c1. The average molecular weight is 495 g/mol. The molecule has 0 radical (unpaired) electrons. The van der Waals surface area contributed by atoms with E-state index >= 15 is 0 Å². The minimum atomic E-state index is -0.486. The molecule has 0 saturated heterocycles. The number of fused-ring (bicyclic) bond motifs is 1. The molecule has 1 atom stereocenters. The van der Waals surface area contributed by atoms with E-state index < -0.39 is 6.04 Å². The van der Waals surface area contributed by atoms with Crippen LogP contribution in [0.25, 0.3) is 11.0 Å². The van der Waals surface area contributed by atoms with Crippen molar-refractivity contribution in [3.8, 4) is 0 Å². The van der Waals surface area contributed by atoms with Gasteiger partial charge in [-0.25, -0.2) is 4.98 Å². The van der Waals surface area contributed by atoms with Gasteiger partial charge in [-0.2, -0.15) is 0 Å². The number of aromatic nitrogens is 2. The van der Waals surface area contributed by atoms with Crippen LogP contribution in [0.5, 0.6) is 0 Å². The summed E-state index contributed by atoms with van der Waals surface area (Å²) in [6.45, 7) is 5.80. The molecule has 4 rings (SSSR count). The van der Waals surface area contributed by atoms with Crippen molar-refractivity contribution >= 4 is 51.7 Å². The molecule has 4 aromatic rings. The number of nitrogens with one attached hydrogen (secondary N) is 2. The largest absolute Gasteiger partial charge is 0.342 e. The van der Waals surface area contributed by atoms with E-state index in [9.17, 15) is 9.59 Å². The standard InChI is InChI=1S/C26H24Cl2N4O2/c1-15-8-9-16(2)22(12-15)30-24(33)14-32-23-7-5-4-6-21(23)31-25(32)17(3)29-26(34)19-11-10-18(27)13-20(19)28/h4-13,17H,14H2,1-3H3,(H,29,34)(H,30,33)/t17-/m1/s1. The van der Waals surface area contributed by atoms with Gasteiger partial charge in [0.15, 0.2) is 0 Å². The fraction of sp³-hybridized carbons (Fsp3) is 0.192. The summed E-state index contributed by atoms with van der Waals surface area (Å²) in [5, 5.41) is 6.64. The molecule has 0 unspecified atom stereocenters. The van der Waals surface area contributed by atoms with Crippen LogP contribution in [0.1, 0.15) is 40.3 Å². The van der Waals surface area contributed by atoms with Crippen molar-refractivity contribution in [3.05, 3.63) is 93.2 Å². The smallest absolute Gasteiger partial charge is 0.253 e. The number of anilines is 1. The van der Waals surface area contributed by atoms with E-state index in [1.54, 1.807) is 12.1 Å². The summed E-state index contributed by atoms with van der Waals surface area (Å²) in [7, 11) is 0. The fourth-order valence-electron chi connectivity index (χ4n) is 3.81. The normalized spacial score (nSPS) is 11.9. The number of imidazole rings is 1. The Bertz CT molecular complexity index is 1400. The zero-order valence-corrected chi connectivity index (χ0v) is 20.5. The Hall–Kier alpha value is -3.35. The highest BCUT2D eigenvalue weighted by molar-refractivity contribution is 6.36. The highest BCUT2D eigenvalue weighted by Crippen LogP contribution is 2.24. The fourth-order valence-corrected chi connectivity index (χ4v) is 4.30. The summed E-state index contributed by atoms with van der Waals surface area (Å²) in [5.74, 6) is 0.0285. The molecular formula is C26H24Cl2N4O2. The molecule has 0 bridgehead atoms. The molecule has 2 N–H and O–H groups in total. The quantitative estimate of drug-likeness (QED) is 0.340. The van der Waals surface area contributed by atoms with E-state index in [-0.39, 0.29) is 23.4 Å². The molecule has 6 nitrogen and oxygen atoms in total. The van der Waals surface area contributed by atoms with Crippen LogP contribution in [0.15, 0.2) is 60.7 Å². The van der Waals surface area contributed by atoms with Gasteiger partial charge in [0.2, 0.25) is 5.91 Å². The second-order valence-electron chi connectivity index (χ2n) is 8.23. The number of nitrogens with zero attached hydrogens (tertiary/aromatic N) is 2. The van der Waals surface area contributed by atoms with Gasteiger partial charge in [-0.3, -0.25) is 9.59 Å². The number of carbonyl (C=O) groups is 2. The molecule has 1 heterocycles. The van der Waals surface area contributed by atoms with Crippen molar-refractivity contribution < 1.29 is 9.59 Å². The maximum Gasteiger partial charge on any atom is 0.253 e. The number of amides is 2. The molecule has 3 aromatic carbocycles. The van der Waals surface area contributed by atoms with Gasteiger partial charge in [-0.15, -0.1) is 0 Å². The van der Waals surface area contributed by atoms with Crippen molar-refractivity contribution in [1.29, 1.82) is 0 Å². The highest BCUT2D eigenvalue weighted by Gasteiger charge is 2.22. The molecule has 0 aliphatic heterocycles. The van der Waals surface area contributed by atoms with Crippen LogP contribution in [0, 0.1) is 13.8 Å². The van der Waals surface area contributed by atoms with E-state index in [4.69, 9.17) is 28.2 Å². The van der Waals surface area contributed by atoms with E-state index in [2.05, 4.69) is 10.6 Å². The lowest BCUT2D eigenvalue weighted by Gasteiger charge is -2.17. The van der Waals surface area contributed by atoms with E-state index in [1.165, 1.54) is 6.07 Å². The summed E-state index contributed by atoms with van der Waals surface area (Å²) in [5.41, 5.74) is 4.67. The van der Waals surface area contributed by atoms with Gasteiger partial charge >= 0.3 is 0 Å². The Morgan fingerprint density at radius 3 is 2.56 bits per heavy atom. The van der Waals surface area contributed by atoms with Gasteiger partial charge in [0.1, 0.15) is 12.4 Å². The van der Waals surface area contributed by atoms with Crippen LogP contribution >= 0.6 is 23.2 Å². The third kappa shape index (κ3) is 5.08. The summed E-state index contributed by atoms with van der Waals surface area (Å²) in [6.07, 6.45) is 0. The molecule has 0 fully saturated rings.